The summed E-state index contributed by atoms with van der Waals surface area (Å²) < 4.78 is 0. The highest BCUT2D eigenvalue weighted by molar-refractivity contribution is 5.87. The van der Waals surface area contributed by atoms with Crippen molar-refractivity contribution < 1.29 is 9.90 Å². The number of rotatable bonds is 5. The predicted molar refractivity (Wildman–Crippen MR) is 68.6 cm³/mol. The van der Waals surface area contributed by atoms with Gasteiger partial charge < -0.3 is 10.0 Å². The molecule has 0 unspecified atom stereocenters. The molecule has 0 amide bonds. The summed E-state index contributed by atoms with van der Waals surface area (Å²) in [5, 5.41) is 17.5. The Morgan fingerprint density at radius 1 is 1.61 bits per heavy atom. The standard InChI is InChI=1S/C13H17N3O2/c1-9(2)16(6-4-5-14)12-10(3)7-11(8-15-12)13(17)18/h7-9H,4,6H2,1-3H3,(H,17,18). The van der Waals surface area contributed by atoms with Crippen LogP contribution >= 0.6 is 0 Å². The maximum absolute atomic E-state index is 10.8. The van der Waals surface area contributed by atoms with Crippen molar-refractivity contribution in [3.8, 4) is 6.07 Å². The van der Waals surface area contributed by atoms with Gasteiger partial charge in [0.25, 0.3) is 0 Å². The number of aryl methyl sites for hydroxylation is 1. The van der Waals surface area contributed by atoms with Crippen molar-refractivity contribution in [2.75, 3.05) is 11.4 Å². The zero-order valence-electron chi connectivity index (χ0n) is 10.8. The molecule has 0 radical (unpaired) electrons. The van der Waals surface area contributed by atoms with Gasteiger partial charge in [0.2, 0.25) is 0 Å². The summed E-state index contributed by atoms with van der Waals surface area (Å²) in [6.07, 6.45) is 1.77. The molecule has 18 heavy (non-hydrogen) atoms. The van der Waals surface area contributed by atoms with E-state index in [1.54, 1.807) is 6.07 Å². The molecule has 1 heterocycles. The molecule has 1 aromatic rings. The monoisotopic (exact) mass is 247 g/mol. The number of carboxylic acids is 1. The largest absolute Gasteiger partial charge is 0.478 e. The van der Waals surface area contributed by atoms with Crippen LogP contribution in [0.15, 0.2) is 12.3 Å². The summed E-state index contributed by atoms with van der Waals surface area (Å²) in [5.41, 5.74) is 0.988. The first-order chi connectivity index (χ1) is 8.47. The SMILES string of the molecule is Cc1cc(C(=O)O)cnc1N(CCC#N)C(C)C. The van der Waals surface area contributed by atoms with Crippen molar-refractivity contribution in [3.63, 3.8) is 0 Å². The minimum Gasteiger partial charge on any atom is -0.478 e. The van der Waals surface area contributed by atoms with Gasteiger partial charge in [0.05, 0.1) is 18.1 Å². The zero-order valence-corrected chi connectivity index (χ0v) is 10.8. The summed E-state index contributed by atoms with van der Waals surface area (Å²) in [5.74, 6) is -0.240. The second-order valence-electron chi connectivity index (χ2n) is 4.36. The molecule has 0 saturated heterocycles. The molecule has 1 N–H and O–H groups in total. The van der Waals surface area contributed by atoms with Crippen LogP contribution in [0.5, 0.6) is 0 Å². The van der Waals surface area contributed by atoms with E-state index in [0.717, 1.165) is 11.4 Å². The van der Waals surface area contributed by atoms with E-state index < -0.39 is 5.97 Å². The average Bonchev–Trinajstić information content (AvgIpc) is 2.30. The fraction of sp³-hybridized carbons (Fsp3) is 0.462. The van der Waals surface area contributed by atoms with E-state index in [-0.39, 0.29) is 11.6 Å². The number of nitriles is 1. The van der Waals surface area contributed by atoms with Gasteiger partial charge in [-0.15, -0.1) is 0 Å². The van der Waals surface area contributed by atoms with Crippen LogP contribution in [-0.4, -0.2) is 28.6 Å². The molecule has 0 aliphatic carbocycles. The lowest BCUT2D eigenvalue weighted by atomic mass is 10.1. The van der Waals surface area contributed by atoms with Crippen LogP contribution in [0.25, 0.3) is 0 Å². The molecule has 0 aliphatic heterocycles. The fourth-order valence-electron chi connectivity index (χ4n) is 1.76. The smallest absolute Gasteiger partial charge is 0.337 e. The van der Waals surface area contributed by atoms with Gasteiger partial charge in [-0.05, 0) is 32.4 Å². The third-order valence-corrected chi connectivity index (χ3v) is 2.66. The van der Waals surface area contributed by atoms with Crippen molar-refractivity contribution in [1.29, 1.82) is 5.26 Å². The molecule has 0 atom stereocenters. The minimum absolute atomic E-state index is 0.181. The Hall–Kier alpha value is -2.09. The third-order valence-electron chi connectivity index (χ3n) is 2.66. The van der Waals surface area contributed by atoms with Crippen LogP contribution in [0.4, 0.5) is 5.82 Å². The van der Waals surface area contributed by atoms with Gasteiger partial charge in [0.1, 0.15) is 5.82 Å². The molecule has 0 fully saturated rings. The highest BCUT2D eigenvalue weighted by Crippen LogP contribution is 2.20. The number of hydrogen-bond donors (Lipinski definition) is 1. The van der Waals surface area contributed by atoms with E-state index in [1.165, 1.54) is 6.20 Å². The first kappa shape index (κ1) is 14.0. The van der Waals surface area contributed by atoms with Gasteiger partial charge in [0.15, 0.2) is 0 Å². The highest BCUT2D eigenvalue weighted by atomic mass is 16.4. The van der Waals surface area contributed by atoms with E-state index in [0.29, 0.717) is 13.0 Å². The van der Waals surface area contributed by atoms with Gasteiger partial charge in [-0.1, -0.05) is 0 Å². The van der Waals surface area contributed by atoms with Crippen LogP contribution in [0.3, 0.4) is 0 Å². The molecular formula is C13H17N3O2. The number of aromatic nitrogens is 1. The molecule has 0 bridgehead atoms. The molecule has 0 aromatic carbocycles. The van der Waals surface area contributed by atoms with E-state index in [4.69, 9.17) is 10.4 Å². The Morgan fingerprint density at radius 3 is 2.72 bits per heavy atom. The van der Waals surface area contributed by atoms with Crippen molar-refractivity contribution in [2.45, 2.75) is 33.2 Å². The Bertz CT molecular complexity index is 478. The number of hydrogen-bond acceptors (Lipinski definition) is 4. The van der Waals surface area contributed by atoms with E-state index in [1.807, 2.05) is 25.7 Å². The molecule has 1 aromatic heterocycles. The molecule has 0 aliphatic rings. The quantitative estimate of drug-likeness (QED) is 0.863. The van der Waals surface area contributed by atoms with Crippen molar-refractivity contribution in [1.82, 2.24) is 4.98 Å². The summed E-state index contributed by atoms with van der Waals surface area (Å²) >= 11 is 0. The van der Waals surface area contributed by atoms with Gasteiger partial charge in [-0.3, -0.25) is 0 Å². The van der Waals surface area contributed by atoms with Crippen molar-refractivity contribution >= 4 is 11.8 Å². The Morgan fingerprint density at radius 2 is 2.28 bits per heavy atom. The number of anilines is 1. The Balaban J connectivity index is 3.06. The molecule has 0 spiro atoms. The fourth-order valence-corrected chi connectivity index (χ4v) is 1.76. The second kappa shape index (κ2) is 6.01. The third kappa shape index (κ3) is 3.20. The first-order valence-electron chi connectivity index (χ1n) is 5.81. The van der Waals surface area contributed by atoms with Crippen LogP contribution in [0, 0.1) is 18.3 Å². The minimum atomic E-state index is -0.981. The van der Waals surface area contributed by atoms with E-state index in [2.05, 4.69) is 11.1 Å². The normalized spacial score (nSPS) is 10.2. The molecular weight excluding hydrogens is 230 g/mol. The number of nitrogens with zero attached hydrogens (tertiary/aromatic N) is 3. The number of aromatic carboxylic acids is 1. The lowest BCUT2D eigenvalue weighted by Gasteiger charge is -2.28. The average molecular weight is 247 g/mol. The lowest BCUT2D eigenvalue weighted by molar-refractivity contribution is 0.0696. The van der Waals surface area contributed by atoms with Gasteiger partial charge in [-0.25, -0.2) is 9.78 Å². The zero-order chi connectivity index (χ0) is 13.7. The summed E-state index contributed by atoms with van der Waals surface area (Å²) in [7, 11) is 0. The number of pyridine rings is 1. The summed E-state index contributed by atoms with van der Waals surface area (Å²) in [6.45, 7) is 6.46. The van der Waals surface area contributed by atoms with Gasteiger partial charge in [0, 0.05) is 18.8 Å². The van der Waals surface area contributed by atoms with E-state index in [9.17, 15) is 4.79 Å². The highest BCUT2D eigenvalue weighted by Gasteiger charge is 2.15. The van der Waals surface area contributed by atoms with Crippen molar-refractivity contribution in [2.24, 2.45) is 0 Å². The molecule has 0 saturated carbocycles. The topological polar surface area (TPSA) is 77.2 Å². The van der Waals surface area contributed by atoms with Crippen LogP contribution in [0.2, 0.25) is 0 Å². The first-order valence-corrected chi connectivity index (χ1v) is 5.81. The van der Waals surface area contributed by atoms with E-state index >= 15 is 0 Å². The molecule has 1 rings (SSSR count). The van der Waals surface area contributed by atoms with Gasteiger partial charge >= 0.3 is 5.97 Å². The maximum atomic E-state index is 10.8. The maximum Gasteiger partial charge on any atom is 0.337 e. The number of carboxylic acid groups (broad SMARTS) is 1. The molecule has 5 heteroatoms. The molecule has 5 nitrogen and oxygen atoms in total. The number of carbonyl (C=O) groups is 1. The van der Waals surface area contributed by atoms with Crippen LogP contribution < -0.4 is 4.90 Å². The van der Waals surface area contributed by atoms with Crippen LogP contribution in [0.1, 0.15) is 36.2 Å². The Labute approximate surface area is 107 Å². The second-order valence-corrected chi connectivity index (χ2v) is 4.36. The Kier molecular flexibility index (Phi) is 4.67. The lowest BCUT2D eigenvalue weighted by Crippen LogP contribution is -2.33. The molecule has 96 valence electrons. The van der Waals surface area contributed by atoms with Crippen molar-refractivity contribution in [3.05, 3.63) is 23.4 Å². The van der Waals surface area contributed by atoms with Gasteiger partial charge in [-0.2, -0.15) is 5.26 Å². The predicted octanol–water partition coefficient (Wildman–Crippen LogP) is 2.22. The van der Waals surface area contributed by atoms with Crippen LogP contribution in [-0.2, 0) is 0 Å². The summed E-state index contributed by atoms with van der Waals surface area (Å²) in [4.78, 5) is 17.1. The summed E-state index contributed by atoms with van der Waals surface area (Å²) in [6, 6.07) is 3.92.